The number of amides is 2. The maximum absolute atomic E-state index is 13.0. The largest absolute Gasteiger partial charge is 0.292 e. The summed E-state index contributed by atoms with van der Waals surface area (Å²) in [6.07, 6.45) is 1.65. The van der Waals surface area contributed by atoms with Gasteiger partial charge in [-0.2, -0.15) is 0 Å². The van der Waals surface area contributed by atoms with E-state index in [4.69, 9.17) is 0 Å². The van der Waals surface area contributed by atoms with Crippen molar-refractivity contribution in [2.45, 2.75) is 6.42 Å². The van der Waals surface area contributed by atoms with Crippen LogP contribution in [0.2, 0.25) is 0 Å². The Balaban J connectivity index is 2.32. The van der Waals surface area contributed by atoms with Gasteiger partial charge in [0.05, 0.1) is 10.9 Å². The summed E-state index contributed by atoms with van der Waals surface area (Å²) < 4.78 is 13.3. The number of carbonyl (C=O) groups excluding carboxylic acids is 2. The SMILES string of the molecule is O=C1CC(=Cc2ccc(F)c(Br)c2)C(=O)N1. The van der Waals surface area contributed by atoms with Crippen LogP contribution in [0.4, 0.5) is 4.39 Å². The van der Waals surface area contributed by atoms with Crippen molar-refractivity contribution in [1.82, 2.24) is 5.32 Å². The maximum atomic E-state index is 13.0. The van der Waals surface area contributed by atoms with E-state index in [0.717, 1.165) is 0 Å². The lowest BCUT2D eigenvalue weighted by atomic mass is 10.1. The van der Waals surface area contributed by atoms with Crippen molar-refractivity contribution in [3.8, 4) is 0 Å². The summed E-state index contributed by atoms with van der Waals surface area (Å²) in [7, 11) is 0. The Morgan fingerprint density at radius 1 is 1.38 bits per heavy atom. The highest BCUT2D eigenvalue weighted by Gasteiger charge is 2.23. The van der Waals surface area contributed by atoms with Gasteiger partial charge >= 0.3 is 0 Å². The van der Waals surface area contributed by atoms with Gasteiger partial charge in [-0.15, -0.1) is 0 Å². The second-order valence-electron chi connectivity index (χ2n) is 3.40. The minimum atomic E-state index is -0.384. The predicted molar refractivity (Wildman–Crippen MR) is 59.8 cm³/mol. The second-order valence-corrected chi connectivity index (χ2v) is 4.25. The second kappa shape index (κ2) is 4.17. The van der Waals surface area contributed by atoms with Gasteiger partial charge in [0.1, 0.15) is 5.82 Å². The Kier molecular flexibility index (Phi) is 2.87. The summed E-state index contributed by atoms with van der Waals surface area (Å²) in [6, 6.07) is 4.40. The summed E-state index contributed by atoms with van der Waals surface area (Å²) in [5, 5.41) is 2.18. The van der Waals surface area contributed by atoms with Crippen LogP contribution in [0.15, 0.2) is 28.2 Å². The van der Waals surface area contributed by atoms with E-state index in [1.165, 1.54) is 6.07 Å². The lowest BCUT2D eigenvalue weighted by Crippen LogP contribution is -2.19. The Morgan fingerprint density at radius 3 is 2.69 bits per heavy atom. The third kappa shape index (κ3) is 2.19. The first-order chi connectivity index (χ1) is 7.56. The molecule has 0 aliphatic carbocycles. The van der Waals surface area contributed by atoms with Gasteiger partial charge in [-0.3, -0.25) is 14.9 Å². The zero-order chi connectivity index (χ0) is 11.7. The average molecular weight is 284 g/mol. The van der Waals surface area contributed by atoms with E-state index >= 15 is 0 Å². The van der Waals surface area contributed by atoms with Crippen LogP contribution in [0.3, 0.4) is 0 Å². The first-order valence-electron chi connectivity index (χ1n) is 4.56. The summed E-state index contributed by atoms with van der Waals surface area (Å²) in [6.45, 7) is 0. The van der Waals surface area contributed by atoms with Crippen LogP contribution in [0.1, 0.15) is 12.0 Å². The Hall–Kier alpha value is -1.49. The number of nitrogens with one attached hydrogen (secondary N) is 1. The summed E-state index contributed by atoms with van der Waals surface area (Å²) in [5.74, 6) is -1.06. The van der Waals surface area contributed by atoms with E-state index < -0.39 is 0 Å². The Labute approximate surface area is 99.5 Å². The van der Waals surface area contributed by atoms with E-state index in [1.54, 1.807) is 18.2 Å². The number of hydrogen-bond donors (Lipinski definition) is 1. The monoisotopic (exact) mass is 283 g/mol. The van der Waals surface area contributed by atoms with E-state index in [1.807, 2.05) is 0 Å². The molecule has 1 aromatic carbocycles. The molecule has 0 atom stereocenters. The standard InChI is InChI=1S/C11H7BrFNO2/c12-8-4-6(1-2-9(8)13)3-7-5-10(15)14-11(7)16/h1-4H,5H2,(H,14,15,16). The summed E-state index contributed by atoms with van der Waals surface area (Å²) in [5.41, 5.74) is 1.07. The van der Waals surface area contributed by atoms with E-state index in [2.05, 4.69) is 21.2 Å². The fraction of sp³-hybridized carbons (Fsp3) is 0.0909. The molecular weight excluding hydrogens is 277 g/mol. The van der Waals surface area contributed by atoms with Gasteiger partial charge in [0.2, 0.25) is 5.91 Å². The quantitative estimate of drug-likeness (QED) is 0.633. The zero-order valence-corrected chi connectivity index (χ0v) is 9.67. The van der Waals surface area contributed by atoms with Crippen LogP contribution in [-0.4, -0.2) is 11.8 Å². The molecule has 1 N–H and O–H groups in total. The molecule has 0 unspecified atom stereocenters. The molecule has 82 valence electrons. The highest BCUT2D eigenvalue weighted by Crippen LogP contribution is 2.20. The van der Waals surface area contributed by atoms with Gasteiger partial charge in [-0.25, -0.2) is 4.39 Å². The van der Waals surface area contributed by atoms with Gasteiger partial charge in [0, 0.05) is 5.57 Å². The predicted octanol–water partition coefficient (Wildman–Crippen LogP) is 2.02. The molecule has 2 amide bonds. The zero-order valence-electron chi connectivity index (χ0n) is 8.09. The fourth-order valence-corrected chi connectivity index (χ4v) is 1.82. The first kappa shape index (κ1) is 11.0. The van der Waals surface area contributed by atoms with Crippen molar-refractivity contribution in [2.75, 3.05) is 0 Å². The summed E-state index contributed by atoms with van der Waals surface area (Å²) >= 11 is 3.05. The van der Waals surface area contributed by atoms with Crippen molar-refractivity contribution in [3.63, 3.8) is 0 Å². The highest BCUT2D eigenvalue weighted by molar-refractivity contribution is 9.10. The number of rotatable bonds is 1. The van der Waals surface area contributed by atoms with Crippen LogP contribution < -0.4 is 5.32 Å². The van der Waals surface area contributed by atoms with Crippen LogP contribution in [0, 0.1) is 5.82 Å². The maximum Gasteiger partial charge on any atom is 0.254 e. The van der Waals surface area contributed by atoms with Crippen molar-refractivity contribution in [3.05, 3.63) is 39.6 Å². The lowest BCUT2D eigenvalue weighted by Gasteiger charge is -1.98. The molecule has 1 aromatic rings. The number of carbonyl (C=O) groups is 2. The van der Waals surface area contributed by atoms with Gasteiger partial charge in [-0.05, 0) is 39.7 Å². The van der Waals surface area contributed by atoms with Gasteiger partial charge < -0.3 is 0 Å². The van der Waals surface area contributed by atoms with Gasteiger partial charge in [-0.1, -0.05) is 6.07 Å². The summed E-state index contributed by atoms with van der Waals surface area (Å²) in [4.78, 5) is 22.2. The fourth-order valence-electron chi connectivity index (χ4n) is 1.42. The molecule has 1 fully saturated rings. The normalized spacial score (nSPS) is 18.0. The number of hydrogen-bond acceptors (Lipinski definition) is 2. The van der Waals surface area contributed by atoms with Crippen LogP contribution >= 0.6 is 15.9 Å². The topological polar surface area (TPSA) is 46.2 Å². The van der Waals surface area contributed by atoms with Gasteiger partial charge in [0.25, 0.3) is 5.91 Å². The van der Waals surface area contributed by atoms with Crippen LogP contribution in [-0.2, 0) is 9.59 Å². The number of benzene rings is 1. The molecule has 0 aromatic heterocycles. The molecule has 3 nitrogen and oxygen atoms in total. The lowest BCUT2D eigenvalue weighted by molar-refractivity contribution is -0.124. The van der Waals surface area contributed by atoms with Crippen molar-refractivity contribution < 1.29 is 14.0 Å². The smallest absolute Gasteiger partial charge is 0.254 e. The molecule has 1 aliphatic heterocycles. The van der Waals surface area contributed by atoms with E-state index in [9.17, 15) is 14.0 Å². The number of halogens is 2. The number of imide groups is 1. The Morgan fingerprint density at radius 2 is 2.12 bits per heavy atom. The molecular formula is C11H7BrFNO2. The van der Waals surface area contributed by atoms with Crippen LogP contribution in [0.5, 0.6) is 0 Å². The van der Waals surface area contributed by atoms with Crippen molar-refractivity contribution in [2.24, 2.45) is 0 Å². The molecule has 16 heavy (non-hydrogen) atoms. The average Bonchev–Trinajstić information content (AvgIpc) is 2.51. The van der Waals surface area contributed by atoms with Crippen molar-refractivity contribution >= 4 is 33.8 Å². The molecule has 2 rings (SSSR count). The molecule has 0 bridgehead atoms. The van der Waals surface area contributed by atoms with Gasteiger partial charge in [0.15, 0.2) is 0 Å². The highest BCUT2D eigenvalue weighted by atomic mass is 79.9. The molecule has 0 saturated carbocycles. The molecule has 1 saturated heterocycles. The third-order valence-corrected chi connectivity index (χ3v) is 2.79. The first-order valence-corrected chi connectivity index (χ1v) is 5.35. The molecule has 0 spiro atoms. The van der Waals surface area contributed by atoms with Crippen LogP contribution in [0.25, 0.3) is 6.08 Å². The third-order valence-electron chi connectivity index (χ3n) is 2.18. The van der Waals surface area contributed by atoms with Crippen molar-refractivity contribution in [1.29, 1.82) is 0 Å². The molecule has 1 heterocycles. The molecule has 0 radical (unpaired) electrons. The minimum Gasteiger partial charge on any atom is -0.292 e. The van der Waals surface area contributed by atoms with E-state index in [-0.39, 0.29) is 24.1 Å². The molecule has 5 heteroatoms. The Bertz CT molecular complexity index is 511. The van der Waals surface area contributed by atoms with E-state index in [0.29, 0.717) is 15.6 Å². The molecule has 1 aliphatic rings. The minimum absolute atomic E-state index is 0.0772.